The number of thiocarbonyl (C=S) groups is 1. The van der Waals surface area contributed by atoms with E-state index in [1.54, 1.807) is 6.92 Å². The van der Waals surface area contributed by atoms with E-state index >= 15 is 0 Å². The fourth-order valence-corrected chi connectivity index (χ4v) is 5.49. The normalized spacial score (nSPS) is 11.9. The number of likely N-dealkylation sites (N-methyl/N-ethyl adjacent to an activating group) is 1. The number of phosphoric ester groups is 1. The van der Waals surface area contributed by atoms with Crippen molar-refractivity contribution in [3.05, 3.63) is 58.9 Å². The van der Waals surface area contributed by atoms with Crippen LogP contribution in [-0.4, -0.2) is 61.5 Å². The van der Waals surface area contributed by atoms with E-state index in [1.165, 1.54) is 0 Å². The monoisotopic (exact) mass is 599 g/mol. The average Bonchev–Trinajstić information content (AvgIpc) is 3.26. The first kappa shape index (κ1) is 30.7. The number of nitrogens with zero attached hydrogens (tertiary/aromatic N) is 4. The summed E-state index contributed by atoms with van der Waals surface area (Å²) in [5, 5.41) is 7.68. The molecule has 13 heteroatoms. The molecule has 4 rings (SSSR count). The Morgan fingerprint density at radius 1 is 1.20 bits per heavy atom. The first-order valence-corrected chi connectivity index (χ1v) is 15.5. The standard InChI is InChI=1S/C28H38N7O4PS/c1-5-6-11-23-33-24-25(21-9-7-8-10-22(21)32-27(24)29)35(23)17-19-14-18(2)26(39-40(36,37)38)20(15-19)16-31-28(41)30-12-13-34(3)4/h7-10,14-15H,5-6,11-13,16-17H2,1-4H3,(H2,29,32)(H2,30,31,41)(H2,36,37,38). The van der Waals surface area contributed by atoms with E-state index < -0.39 is 7.82 Å². The molecule has 0 bridgehead atoms. The van der Waals surface area contributed by atoms with E-state index in [0.29, 0.717) is 40.7 Å². The summed E-state index contributed by atoms with van der Waals surface area (Å²) in [5.41, 5.74) is 10.8. The van der Waals surface area contributed by atoms with Gasteiger partial charge in [0.15, 0.2) is 10.9 Å². The molecular weight excluding hydrogens is 561 g/mol. The van der Waals surface area contributed by atoms with E-state index in [4.69, 9.17) is 27.5 Å². The van der Waals surface area contributed by atoms with E-state index in [9.17, 15) is 14.4 Å². The number of imidazole rings is 1. The average molecular weight is 600 g/mol. The molecule has 0 aliphatic rings. The molecule has 0 fully saturated rings. The van der Waals surface area contributed by atoms with Gasteiger partial charge in [0.2, 0.25) is 0 Å². The number of phosphoric acid groups is 1. The van der Waals surface area contributed by atoms with Crippen LogP contribution in [0.25, 0.3) is 21.9 Å². The van der Waals surface area contributed by atoms with Gasteiger partial charge in [-0.2, -0.15) is 0 Å². The number of aryl methyl sites for hydroxylation is 2. The zero-order valence-corrected chi connectivity index (χ0v) is 25.6. The second-order valence-corrected chi connectivity index (χ2v) is 11.9. The van der Waals surface area contributed by atoms with Gasteiger partial charge in [-0.05, 0) is 62.9 Å². The third-order valence-electron chi connectivity index (χ3n) is 6.69. The number of anilines is 1. The van der Waals surface area contributed by atoms with Gasteiger partial charge in [-0.3, -0.25) is 9.79 Å². The number of rotatable bonds is 12. The number of unbranched alkanes of at least 4 members (excludes halogenated alkanes) is 1. The lowest BCUT2D eigenvalue weighted by atomic mass is 10.0. The van der Waals surface area contributed by atoms with Crippen molar-refractivity contribution in [1.82, 2.24) is 30.1 Å². The van der Waals surface area contributed by atoms with Crippen LogP contribution in [0.3, 0.4) is 0 Å². The highest BCUT2D eigenvalue weighted by Gasteiger charge is 2.22. The highest BCUT2D eigenvalue weighted by Crippen LogP contribution is 2.41. The lowest BCUT2D eigenvalue weighted by Crippen LogP contribution is -2.38. The molecule has 2 aromatic heterocycles. The lowest BCUT2D eigenvalue weighted by Gasteiger charge is -2.19. The molecule has 0 saturated carbocycles. The van der Waals surface area contributed by atoms with Gasteiger partial charge in [0.1, 0.15) is 17.1 Å². The van der Waals surface area contributed by atoms with Crippen LogP contribution in [0.1, 0.15) is 42.3 Å². The van der Waals surface area contributed by atoms with Crippen LogP contribution >= 0.6 is 20.0 Å². The summed E-state index contributed by atoms with van der Waals surface area (Å²) in [5.74, 6) is 1.43. The smallest absolute Gasteiger partial charge is 0.404 e. The molecule has 6 N–H and O–H groups in total. The van der Waals surface area contributed by atoms with Crippen molar-refractivity contribution in [3.63, 3.8) is 0 Å². The number of pyridine rings is 1. The minimum Gasteiger partial charge on any atom is -0.404 e. The number of nitrogens with one attached hydrogen (secondary N) is 2. The van der Waals surface area contributed by atoms with Gasteiger partial charge < -0.3 is 30.4 Å². The molecule has 0 unspecified atom stereocenters. The van der Waals surface area contributed by atoms with Gasteiger partial charge in [0, 0.05) is 43.5 Å². The van der Waals surface area contributed by atoms with Crippen molar-refractivity contribution in [3.8, 4) is 5.75 Å². The van der Waals surface area contributed by atoms with E-state index in [1.807, 2.05) is 55.4 Å². The molecule has 0 aliphatic carbocycles. The van der Waals surface area contributed by atoms with Crippen LogP contribution < -0.4 is 20.9 Å². The third kappa shape index (κ3) is 7.72. The molecular formula is C28H38N7O4PS. The Balaban J connectivity index is 1.75. The van der Waals surface area contributed by atoms with Crippen LogP contribution in [0.2, 0.25) is 0 Å². The maximum Gasteiger partial charge on any atom is 0.524 e. The molecule has 0 spiro atoms. The summed E-state index contributed by atoms with van der Waals surface area (Å²) in [6, 6.07) is 11.6. The highest BCUT2D eigenvalue weighted by atomic mass is 32.1. The van der Waals surface area contributed by atoms with Crippen molar-refractivity contribution in [2.45, 2.75) is 46.2 Å². The summed E-state index contributed by atoms with van der Waals surface area (Å²) < 4.78 is 19.1. The zero-order valence-electron chi connectivity index (χ0n) is 23.8. The third-order valence-corrected chi connectivity index (χ3v) is 7.40. The van der Waals surface area contributed by atoms with Gasteiger partial charge in [-0.1, -0.05) is 37.6 Å². The maximum atomic E-state index is 11.8. The zero-order chi connectivity index (χ0) is 29.7. The number of nitrogens with two attached hydrogens (primary N) is 1. The van der Waals surface area contributed by atoms with Crippen LogP contribution in [0.15, 0.2) is 36.4 Å². The van der Waals surface area contributed by atoms with Crippen molar-refractivity contribution >= 4 is 52.9 Å². The maximum absolute atomic E-state index is 11.8. The quantitative estimate of drug-likeness (QED) is 0.119. The van der Waals surface area contributed by atoms with Crippen LogP contribution in [0.4, 0.5) is 5.82 Å². The Kier molecular flexibility index (Phi) is 9.83. The predicted octanol–water partition coefficient (Wildman–Crippen LogP) is 3.86. The SMILES string of the molecule is CCCCc1nc2c(N)nc3ccccc3c2n1Cc1cc(C)c(OP(=O)(O)O)c(CNC(=S)NCCN(C)C)c1. The molecule has 0 aliphatic heterocycles. The summed E-state index contributed by atoms with van der Waals surface area (Å²) in [4.78, 5) is 30.7. The van der Waals surface area contributed by atoms with Gasteiger partial charge in [0.25, 0.3) is 0 Å². The molecule has 2 heterocycles. The first-order chi connectivity index (χ1) is 19.5. The molecule has 0 saturated heterocycles. The molecule has 41 heavy (non-hydrogen) atoms. The minimum absolute atomic E-state index is 0.131. The van der Waals surface area contributed by atoms with Gasteiger partial charge >= 0.3 is 7.82 Å². The number of benzene rings is 2. The fraction of sp³-hybridized carbons (Fsp3) is 0.393. The Morgan fingerprint density at radius 2 is 1.95 bits per heavy atom. The van der Waals surface area contributed by atoms with Gasteiger partial charge in [-0.15, -0.1) is 0 Å². The van der Waals surface area contributed by atoms with Crippen molar-refractivity contribution in [2.75, 3.05) is 32.9 Å². The fourth-order valence-electron chi connectivity index (χ4n) is 4.81. The number of fused-ring (bicyclic) bond motifs is 3. The predicted molar refractivity (Wildman–Crippen MR) is 167 cm³/mol. The van der Waals surface area contributed by atoms with Gasteiger partial charge in [0.05, 0.1) is 11.0 Å². The van der Waals surface area contributed by atoms with Crippen molar-refractivity contribution in [1.29, 1.82) is 0 Å². The highest BCUT2D eigenvalue weighted by molar-refractivity contribution is 7.80. The second kappa shape index (κ2) is 13.1. The molecule has 2 aromatic carbocycles. The molecule has 0 atom stereocenters. The van der Waals surface area contributed by atoms with Crippen LogP contribution in [0, 0.1) is 6.92 Å². The van der Waals surface area contributed by atoms with Crippen LogP contribution in [0.5, 0.6) is 5.75 Å². The molecule has 4 aromatic rings. The van der Waals surface area contributed by atoms with Crippen molar-refractivity contribution in [2.24, 2.45) is 0 Å². The number of hydrogen-bond donors (Lipinski definition) is 5. The largest absolute Gasteiger partial charge is 0.524 e. The Morgan fingerprint density at radius 3 is 2.66 bits per heavy atom. The summed E-state index contributed by atoms with van der Waals surface area (Å²) in [6.45, 7) is 6.05. The number of hydrogen-bond acceptors (Lipinski definition) is 7. The number of para-hydroxylation sites is 1. The molecule has 0 amide bonds. The Hall–Kier alpha value is -3.28. The summed E-state index contributed by atoms with van der Waals surface area (Å²) in [7, 11) is -0.843. The second-order valence-electron chi connectivity index (χ2n) is 10.3. The topological polar surface area (TPSA) is 151 Å². The minimum atomic E-state index is -4.79. The lowest BCUT2D eigenvalue weighted by molar-refractivity contribution is 0.281. The van der Waals surface area contributed by atoms with E-state index in [-0.39, 0.29) is 12.3 Å². The van der Waals surface area contributed by atoms with E-state index in [0.717, 1.165) is 53.6 Å². The molecule has 220 valence electrons. The van der Waals surface area contributed by atoms with Crippen LogP contribution in [-0.2, 0) is 24.1 Å². The molecule has 0 radical (unpaired) electrons. The van der Waals surface area contributed by atoms with Crippen molar-refractivity contribution < 1.29 is 18.9 Å². The number of aromatic nitrogens is 3. The first-order valence-electron chi connectivity index (χ1n) is 13.5. The van der Waals surface area contributed by atoms with E-state index in [2.05, 4.69) is 27.1 Å². The Bertz CT molecular complexity index is 1600. The number of nitrogen functional groups attached to an aromatic ring is 1. The Labute approximate surface area is 245 Å². The summed E-state index contributed by atoms with van der Waals surface area (Å²) in [6.07, 6.45) is 2.76. The van der Waals surface area contributed by atoms with Gasteiger partial charge in [-0.25, -0.2) is 14.5 Å². The molecule has 11 nitrogen and oxygen atoms in total. The summed E-state index contributed by atoms with van der Waals surface area (Å²) >= 11 is 5.42.